The molecule has 190 valence electrons. The number of carbonyl (C=O) groups is 1. The van der Waals surface area contributed by atoms with Gasteiger partial charge < -0.3 is 9.47 Å². The maximum absolute atomic E-state index is 12.6. The second-order valence-electron chi connectivity index (χ2n) is 10.3. The first-order chi connectivity index (χ1) is 15.2. The molecule has 4 heteroatoms. The summed E-state index contributed by atoms with van der Waals surface area (Å²) in [4.78, 5) is 14.4. The molecule has 0 spiro atoms. The molecule has 0 aromatic heterocycles. The van der Waals surface area contributed by atoms with E-state index in [0.29, 0.717) is 6.61 Å². The molecule has 0 saturated carbocycles. The van der Waals surface area contributed by atoms with E-state index >= 15 is 0 Å². The zero-order chi connectivity index (χ0) is 24.5. The second-order valence-corrected chi connectivity index (χ2v) is 10.3. The Bertz CT molecular complexity index is 493. The Balaban J connectivity index is 0.00000466. The highest BCUT2D eigenvalue weighted by molar-refractivity contribution is 5.70. The van der Waals surface area contributed by atoms with Gasteiger partial charge in [0.05, 0.1) is 12.6 Å². The molecule has 1 saturated heterocycles. The van der Waals surface area contributed by atoms with Crippen LogP contribution in [-0.2, 0) is 9.47 Å². The van der Waals surface area contributed by atoms with E-state index in [9.17, 15) is 4.79 Å². The van der Waals surface area contributed by atoms with Crippen LogP contribution in [0.5, 0.6) is 0 Å². The molecule has 0 aromatic carbocycles. The monoisotopic (exact) mass is 453 g/mol. The third kappa shape index (κ3) is 14.2. The summed E-state index contributed by atoms with van der Waals surface area (Å²) in [5.74, 6) is 0. The minimum atomic E-state index is -0.632. The van der Waals surface area contributed by atoms with Crippen molar-refractivity contribution in [1.82, 2.24) is 4.90 Å². The van der Waals surface area contributed by atoms with Crippen LogP contribution < -0.4 is 0 Å². The van der Waals surface area contributed by atoms with E-state index < -0.39 is 11.3 Å². The lowest BCUT2D eigenvalue weighted by Gasteiger charge is -2.34. The van der Waals surface area contributed by atoms with E-state index in [-0.39, 0.29) is 12.1 Å². The number of carbonyl (C=O) groups excluding carboxylic acids is 1. The van der Waals surface area contributed by atoms with Crippen LogP contribution in [0.4, 0.5) is 4.79 Å². The number of rotatable bonds is 14. The van der Waals surface area contributed by atoms with Gasteiger partial charge in [0.15, 0.2) is 0 Å². The summed E-state index contributed by atoms with van der Waals surface area (Å²) in [7, 11) is 0. The van der Waals surface area contributed by atoms with E-state index in [1.165, 1.54) is 77.0 Å². The Hall–Kier alpha value is -1.03. The van der Waals surface area contributed by atoms with Crippen molar-refractivity contribution < 1.29 is 14.3 Å². The summed E-state index contributed by atoms with van der Waals surface area (Å²) in [6.45, 7) is 16.3. The molecule has 1 atom stereocenters. The van der Waals surface area contributed by atoms with Crippen LogP contribution in [0.3, 0.4) is 0 Å². The molecular formula is C28H55NO3. The lowest BCUT2D eigenvalue weighted by molar-refractivity contribution is -0.0610. The molecule has 0 unspecified atom stereocenters. The SMILES string of the molecule is CC.CCCCCCCCCCCCCC/C=C\[C@@H]1COC(C)(C)N1C(=O)OC(C)(C)C. The zero-order valence-electron chi connectivity index (χ0n) is 22.8. The van der Waals surface area contributed by atoms with Crippen molar-refractivity contribution >= 4 is 6.09 Å². The average Bonchev–Trinajstić information content (AvgIpc) is 3.02. The van der Waals surface area contributed by atoms with Crippen molar-refractivity contribution in [2.45, 2.75) is 156 Å². The summed E-state index contributed by atoms with van der Waals surface area (Å²) in [5.41, 5.74) is -1.13. The molecule has 0 aromatic rings. The molecule has 4 nitrogen and oxygen atoms in total. The van der Waals surface area contributed by atoms with Crippen LogP contribution in [0.1, 0.15) is 139 Å². The van der Waals surface area contributed by atoms with Crippen LogP contribution >= 0.6 is 0 Å². The van der Waals surface area contributed by atoms with Crippen LogP contribution in [0.25, 0.3) is 0 Å². The Morgan fingerprint density at radius 2 is 1.41 bits per heavy atom. The van der Waals surface area contributed by atoms with Gasteiger partial charge in [0.25, 0.3) is 0 Å². The first-order valence-corrected chi connectivity index (χ1v) is 13.5. The highest BCUT2D eigenvalue weighted by Gasteiger charge is 2.44. The summed E-state index contributed by atoms with van der Waals surface area (Å²) >= 11 is 0. The van der Waals surface area contributed by atoms with Gasteiger partial charge in [-0.15, -0.1) is 0 Å². The molecule has 1 amide bonds. The van der Waals surface area contributed by atoms with Crippen LogP contribution in [0, 0.1) is 0 Å². The van der Waals surface area contributed by atoms with Gasteiger partial charge in [-0.3, -0.25) is 4.90 Å². The summed E-state index contributed by atoms with van der Waals surface area (Å²) in [6, 6.07) is -0.0489. The topological polar surface area (TPSA) is 38.8 Å². The Labute approximate surface area is 200 Å². The Kier molecular flexibility index (Phi) is 16.9. The second kappa shape index (κ2) is 17.4. The third-order valence-corrected chi connectivity index (χ3v) is 5.69. The first-order valence-electron chi connectivity index (χ1n) is 13.5. The van der Waals surface area contributed by atoms with Crippen molar-refractivity contribution in [2.24, 2.45) is 0 Å². The van der Waals surface area contributed by atoms with E-state index in [0.717, 1.165) is 6.42 Å². The standard InChI is InChI=1S/C26H49NO3.C2H6/c1-7-8-9-10-11-12-13-14-15-16-17-18-19-20-21-23-22-29-26(5,6)27(23)24(28)30-25(2,3)4;1-2/h20-21,23H,7-19,22H2,1-6H3;1-2H3/b21-20-;/t23-;/m1./s1. The minimum Gasteiger partial charge on any atom is -0.444 e. The van der Waals surface area contributed by atoms with Gasteiger partial charge in [0.1, 0.15) is 11.3 Å². The predicted molar refractivity (Wildman–Crippen MR) is 138 cm³/mol. The summed E-state index contributed by atoms with van der Waals surface area (Å²) < 4.78 is 11.4. The van der Waals surface area contributed by atoms with Gasteiger partial charge >= 0.3 is 6.09 Å². The highest BCUT2D eigenvalue weighted by Crippen LogP contribution is 2.30. The number of allylic oxidation sites excluding steroid dienone is 1. The van der Waals surface area contributed by atoms with Crippen molar-refractivity contribution in [3.63, 3.8) is 0 Å². The average molecular weight is 454 g/mol. The van der Waals surface area contributed by atoms with E-state index in [4.69, 9.17) is 9.47 Å². The van der Waals surface area contributed by atoms with Gasteiger partial charge in [0, 0.05) is 0 Å². The van der Waals surface area contributed by atoms with Gasteiger partial charge in [-0.05, 0) is 47.5 Å². The highest BCUT2D eigenvalue weighted by atomic mass is 16.6. The van der Waals surface area contributed by atoms with Gasteiger partial charge in [0.2, 0.25) is 0 Å². The maximum Gasteiger partial charge on any atom is 0.413 e. The fraction of sp³-hybridized carbons (Fsp3) is 0.893. The Morgan fingerprint density at radius 3 is 1.88 bits per heavy atom. The van der Waals surface area contributed by atoms with Crippen molar-refractivity contribution in [3.8, 4) is 0 Å². The quantitative estimate of drug-likeness (QED) is 0.194. The summed E-state index contributed by atoms with van der Waals surface area (Å²) in [6.07, 6.45) is 21.5. The molecule has 32 heavy (non-hydrogen) atoms. The molecule has 0 bridgehead atoms. The molecule has 1 heterocycles. The fourth-order valence-electron chi connectivity index (χ4n) is 4.00. The summed E-state index contributed by atoms with van der Waals surface area (Å²) in [5, 5.41) is 0. The van der Waals surface area contributed by atoms with E-state index in [2.05, 4.69) is 19.1 Å². The molecule has 1 aliphatic rings. The van der Waals surface area contributed by atoms with Crippen molar-refractivity contribution in [1.29, 1.82) is 0 Å². The fourth-order valence-corrected chi connectivity index (χ4v) is 4.00. The lowest BCUT2D eigenvalue weighted by atomic mass is 10.0. The number of nitrogens with zero attached hydrogens (tertiary/aromatic N) is 1. The lowest BCUT2D eigenvalue weighted by Crippen LogP contribution is -2.49. The van der Waals surface area contributed by atoms with Crippen molar-refractivity contribution in [2.75, 3.05) is 6.61 Å². The Morgan fingerprint density at radius 1 is 0.938 bits per heavy atom. The third-order valence-electron chi connectivity index (χ3n) is 5.69. The molecule has 0 N–H and O–H groups in total. The minimum absolute atomic E-state index is 0.0489. The normalized spacial score (nSPS) is 18.0. The number of hydrogen-bond donors (Lipinski definition) is 0. The van der Waals surface area contributed by atoms with E-state index in [1.807, 2.05) is 48.5 Å². The van der Waals surface area contributed by atoms with Crippen LogP contribution in [-0.4, -0.2) is 35.0 Å². The number of unbranched alkanes of at least 4 members (excludes halogenated alkanes) is 12. The van der Waals surface area contributed by atoms with Crippen LogP contribution in [0.2, 0.25) is 0 Å². The smallest absolute Gasteiger partial charge is 0.413 e. The first kappa shape index (κ1) is 31.0. The molecular weight excluding hydrogens is 398 g/mol. The largest absolute Gasteiger partial charge is 0.444 e. The van der Waals surface area contributed by atoms with Gasteiger partial charge in [-0.25, -0.2) is 4.79 Å². The number of amides is 1. The predicted octanol–water partition coefficient (Wildman–Crippen LogP) is 9.03. The molecule has 1 aliphatic heterocycles. The molecule has 0 aliphatic carbocycles. The molecule has 1 fully saturated rings. The van der Waals surface area contributed by atoms with Gasteiger partial charge in [-0.1, -0.05) is 104 Å². The molecule has 0 radical (unpaired) electrons. The van der Waals surface area contributed by atoms with Crippen LogP contribution in [0.15, 0.2) is 12.2 Å². The van der Waals surface area contributed by atoms with E-state index in [1.54, 1.807) is 4.90 Å². The number of ether oxygens (including phenoxy) is 2. The zero-order valence-corrected chi connectivity index (χ0v) is 22.8. The number of hydrogen-bond acceptors (Lipinski definition) is 3. The molecule has 1 rings (SSSR count). The maximum atomic E-state index is 12.6. The van der Waals surface area contributed by atoms with Gasteiger partial charge in [-0.2, -0.15) is 0 Å². The van der Waals surface area contributed by atoms with Crippen molar-refractivity contribution in [3.05, 3.63) is 12.2 Å².